The van der Waals surface area contributed by atoms with E-state index in [-0.39, 0.29) is 5.97 Å². The molecule has 1 aliphatic rings. The van der Waals surface area contributed by atoms with Gasteiger partial charge in [0.25, 0.3) is 0 Å². The van der Waals surface area contributed by atoms with Crippen LogP contribution in [0.5, 0.6) is 0 Å². The Hall–Kier alpha value is -0.660. The normalized spacial score (nSPS) is 19.2. The van der Waals surface area contributed by atoms with E-state index in [2.05, 4.69) is 9.64 Å². The van der Waals surface area contributed by atoms with E-state index in [0.29, 0.717) is 19.5 Å². The fourth-order valence-corrected chi connectivity index (χ4v) is 2.66. The quantitative estimate of drug-likeness (QED) is 0.627. The van der Waals surface area contributed by atoms with Gasteiger partial charge < -0.3 is 9.64 Å². The van der Waals surface area contributed by atoms with E-state index >= 15 is 0 Å². The van der Waals surface area contributed by atoms with Gasteiger partial charge in [-0.3, -0.25) is 4.79 Å². The molecule has 0 N–H and O–H groups in total. The highest BCUT2D eigenvalue weighted by Gasteiger charge is 2.22. The third-order valence-corrected chi connectivity index (χ3v) is 4.19. The van der Waals surface area contributed by atoms with Gasteiger partial charge >= 0.3 is 5.97 Å². The Balaban J connectivity index is 2.22. The zero-order valence-electron chi connectivity index (χ0n) is 10.4. The van der Waals surface area contributed by atoms with E-state index in [1.165, 1.54) is 17.7 Å². The van der Waals surface area contributed by atoms with Gasteiger partial charge in [0.05, 0.1) is 13.4 Å². The molecule has 6 nitrogen and oxygen atoms in total. The van der Waals surface area contributed by atoms with Crippen molar-refractivity contribution in [1.29, 1.82) is 0 Å². The summed E-state index contributed by atoms with van der Waals surface area (Å²) in [5.41, 5.74) is 0. The van der Waals surface area contributed by atoms with Crippen molar-refractivity contribution < 1.29 is 17.9 Å². The third-order valence-electron chi connectivity index (χ3n) is 2.88. The van der Waals surface area contributed by atoms with Gasteiger partial charge in [-0.05, 0) is 13.0 Å². The highest BCUT2D eigenvalue weighted by Crippen LogP contribution is 2.07. The SMILES string of the molecule is COC(=O)CCCN1CCN(S(C)(=O)=O)CC1. The predicted octanol–water partition coefficient (Wildman–Crippen LogP) is -0.483. The number of sulfonamides is 1. The zero-order chi connectivity index (χ0) is 12.9. The molecule has 1 rings (SSSR count). The lowest BCUT2D eigenvalue weighted by Crippen LogP contribution is -2.48. The van der Waals surface area contributed by atoms with Gasteiger partial charge in [0.15, 0.2) is 0 Å². The summed E-state index contributed by atoms with van der Waals surface area (Å²) in [6.07, 6.45) is 2.41. The van der Waals surface area contributed by atoms with Crippen LogP contribution in [0.25, 0.3) is 0 Å². The number of hydrogen-bond acceptors (Lipinski definition) is 5. The first-order valence-corrected chi connectivity index (χ1v) is 7.52. The van der Waals surface area contributed by atoms with Crippen LogP contribution in [-0.4, -0.2) is 69.7 Å². The maximum absolute atomic E-state index is 11.3. The standard InChI is InChI=1S/C10H20N2O4S/c1-16-10(13)4-3-5-11-6-8-12(9-7-11)17(2,14)15/h3-9H2,1-2H3. The minimum Gasteiger partial charge on any atom is -0.469 e. The smallest absolute Gasteiger partial charge is 0.305 e. The Morgan fingerprint density at radius 1 is 1.24 bits per heavy atom. The molecule has 0 atom stereocenters. The van der Waals surface area contributed by atoms with Gasteiger partial charge in [-0.25, -0.2) is 8.42 Å². The molecule has 7 heteroatoms. The summed E-state index contributed by atoms with van der Waals surface area (Å²) in [4.78, 5) is 13.1. The average Bonchev–Trinajstić information content (AvgIpc) is 2.28. The average molecular weight is 264 g/mol. The number of esters is 1. The lowest BCUT2D eigenvalue weighted by Gasteiger charge is -2.33. The van der Waals surface area contributed by atoms with Crippen LogP contribution in [0.4, 0.5) is 0 Å². The predicted molar refractivity (Wildman–Crippen MR) is 64.1 cm³/mol. The van der Waals surface area contributed by atoms with E-state index in [1.807, 2.05) is 0 Å². The van der Waals surface area contributed by atoms with Crippen LogP contribution in [0.2, 0.25) is 0 Å². The van der Waals surface area contributed by atoms with Crippen LogP contribution in [0, 0.1) is 0 Å². The van der Waals surface area contributed by atoms with Crippen molar-refractivity contribution in [2.24, 2.45) is 0 Å². The van der Waals surface area contributed by atoms with Gasteiger partial charge in [-0.15, -0.1) is 0 Å². The molecular formula is C10H20N2O4S. The molecule has 0 bridgehead atoms. The first-order chi connectivity index (χ1) is 7.93. The van der Waals surface area contributed by atoms with E-state index in [0.717, 1.165) is 26.1 Å². The fraction of sp³-hybridized carbons (Fsp3) is 0.900. The molecule has 0 radical (unpaired) electrons. The molecule has 100 valence electrons. The second-order valence-electron chi connectivity index (χ2n) is 4.18. The summed E-state index contributed by atoms with van der Waals surface area (Å²) in [6.45, 7) is 3.35. The highest BCUT2D eigenvalue weighted by molar-refractivity contribution is 7.88. The Morgan fingerprint density at radius 3 is 2.29 bits per heavy atom. The van der Waals surface area contributed by atoms with Crippen molar-refractivity contribution in [3.8, 4) is 0 Å². The molecule has 1 saturated heterocycles. The van der Waals surface area contributed by atoms with Crippen molar-refractivity contribution >= 4 is 16.0 Å². The van der Waals surface area contributed by atoms with Crippen LogP contribution < -0.4 is 0 Å². The Morgan fingerprint density at radius 2 is 1.82 bits per heavy atom. The number of nitrogens with zero attached hydrogens (tertiary/aromatic N) is 2. The molecule has 1 heterocycles. The number of hydrogen-bond donors (Lipinski definition) is 0. The van der Waals surface area contributed by atoms with Crippen LogP contribution in [-0.2, 0) is 19.6 Å². The molecule has 0 aromatic carbocycles. The third kappa shape index (κ3) is 5.01. The van der Waals surface area contributed by atoms with Gasteiger partial charge in [0.2, 0.25) is 10.0 Å². The van der Waals surface area contributed by atoms with E-state index < -0.39 is 10.0 Å². The number of carbonyl (C=O) groups is 1. The monoisotopic (exact) mass is 264 g/mol. The van der Waals surface area contributed by atoms with E-state index in [4.69, 9.17) is 0 Å². The van der Waals surface area contributed by atoms with Crippen molar-refractivity contribution in [3.05, 3.63) is 0 Å². The number of rotatable bonds is 5. The van der Waals surface area contributed by atoms with Crippen molar-refractivity contribution in [1.82, 2.24) is 9.21 Å². The molecule has 17 heavy (non-hydrogen) atoms. The maximum Gasteiger partial charge on any atom is 0.305 e. The molecular weight excluding hydrogens is 244 g/mol. The lowest BCUT2D eigenvalue weighted by molar-refractivity contribution is -0.140. The number of methoxy groups -OCH3 is 1. The van der Waals surface area contributed by atoms with Gasteiger partial charge in [0.1, 0.15) is 0 Å². The molecule has 0 aliphatic carbocycles. The van der Waals surface area contributed by atoms with Crippen LogP contribution >= 0.6 is 0 Å². The molecule has 1 aliphatic heterocycles. The minimum atomic E-state index is -3.05. The molecule has 0 aromatic rings. The van der Waals surface area contributed by atoms with Crippen molar-refractivity contribution in [2.75, 3.05) is 46.1 Å². The molecule has 0 aromatic heterocycles. The highest BCUT2D eigenvalue weighted by atomic mass is 32.2. The van der Waals surface area contributed by atoms with Crippen LogP contribution in [0.15, 0.2) is 0 Å². The van der Waals surface area contributed by atoms with Crippen molar-refractivity contribution in [2.45, 2.75) is 12.8 Å². The zero-order valence-corrected chi connectivity index (χ0v) is 11.2. The number of piperazine rings is 1. The van der Waals surface area contributed by atoms with Gasteiger partial charge in [0, 0.05) is 32.6 Å². The summed E-state index contributed by atoms with van der Waals surface area (Å²) >= 11 is 0. The second kappa shape index (κ2) is 6.32. The van der Waals surface area contributed by atoms with E-state index in [1.54, 1.807) is 0 Å². The Bertz CT molecular complexity index is 347. The van der Waals surface area contributed by atoms with Crippen molar-refractivity contribution in [3.63, 3.8) is 0 Å². The molecule has 0 unspecified atom stereocenters. The largest absolute Gasteiger partial charge is 0.469 e. The van der Waals surface area contributed by atoms with Gasteiger partial charge in [-0.2, -0.15) is 4.31 Å². The Labute approximate surface area is 103 Å². The summed E-state index contributed by atoms with van der Waals surface area (Å²) < 4.78 is 28.6. The van der Waals surface area contributed by atoms with Crippen LogP contribution in [0.1, 0.15) is 12.8 Å². The summed E-state index contributed by atoms with van der Waals surface area (Å²) in [6, 6.07) is 0. The first-order valence-electron chi connectivity index (χ1n) is 5.68. The van der Waals surface area contributed by atoms with Gasteiger partial charge in [-0.1, -0.05) is 0 Å². The fourth-order valence-electron chi connectivity index (χ4n) is 1.83. The Kier molecular flexibility index (Phi) is 5.35. The van der Waals surface area contributed by atoms with E-state index in [9.17, 15) is 13.2 Å². The molecule has 0 amide bonds. The second-order valence-corrected chi connectivity index (χ2v) is 6.17. The molecule has 0 saturated carbocycles. The summed E-state index contributed by atoms with van der Waals surface area (Å²) in [5, 5.41) is 0. The lowest BCUT2D eigenvalue weighted by atomic mass is 10.2. The maximum atomic E-state index is 11.3. The topological polar surface area (TPSA) is 66.9 Å². The molecule has 0 spiro atoms. The number of carbonyl (C=O) groups excluding carboxylic acids is 1. The molecule has 1 fully saturated rings. The first kappa shape index (κ1) is 14.4. The summed E-state index contributed by atoms with van der Waals surface area (Å²) in [5.74, 6) is -0.195. The van der Waals surface area contributed by atoms with Crippen LogP contribution in [0.3, 0.4) is 0 Å². The summed E-state index contributed by atoms with van der Waals surface area (Å²) in [7, 11) is -1.67. The minimum absolute atomic E-state index is 0.195. The number of ether oxygens (including phenoxy) is 1.